The Morgan fingerprint density at radius 2 is 1.79 bits per heavy atom. The normalized spacial score (nSPS) is 24.5. The predicted octanol–water partition coefficient (Wildman–Crippen LogP) is 9.85. The van der Waals surface area contributed by atoms with Crippen molar-refractivity contribution in [2.45, 2.75) is 64.7 Å². The van der Waals surface area contributed by atoms with Crippen LogP contribution in [0.3, 0.4) is 0 Å². The highest BCUT2D eigenvalue weighted by molar-refractivity contribution is 5.99. The van der Waals surface area contributed by atoms with Gasteiger partial charge in [-0.2, -0.15) is 0 Å². The SMILES string of the molecule is CC1CCCC2=CCC(C3=Cc4c(ccc5c4c4c(n5-c5ccc6ccccc6c5)C=CCC4)CC3)C[C@@H]21. The standard InChI is InChI=1S/C37H37N/c1-24-7-6-10-26-13-15-29(22-33(24)26)30-16-14-27-18-20-36-37(34(27)23-30)32-11-4-5-12-35(32)38(36)31-19-17-25-8-2-3-9-28(25)21-31/h2-3,5,8-9,12-13,17-21,23-24,29,33H,4,6-7,10-11,14-16,22H2,1H3/t24?,29?,33-/m1/s1. The Labute approximate surface area is 226 Å². The van der Waals surface area contributed by atoms with Gasteiger partial charge in [0.25, 0.3) is 0 Å². The van der Waals surface area contributed by atoms with Gasteiger partial charge in [-0.25, -0.2) is 0 Å². The van der Waals surface area contributed by atoms with Gasteiger partial charge in [0.05, 0.1) is 5.52 Å². The maximum Gasteiger partial charge on any atom is 0.0543 e. The number of aromatic nitrogens is 1. The third kappa shape index (κ3) is 3.51. The number of hydrogen-bond acceptors (Lipinski definition) is 0. The summed E-state index contributed by atoms with van der Waals surface area (Å²) in [5.41, 5.74) is 12.2. The molecular weight excluding hydrogens is 458 g/mol. The van der Waals surface area contributed by atoms with Crippen molar-refractivity contribution < 1.29 is 0 Å². The molecule has 4 aliphatic rings. The van der Waals surface area contributed by atoms with E-state index in [2.05, 4.69) is 90.4 Å². The molecule has 3 aromatic carbocycles. The first kappa shape index (κ1) is 22.6. The minimum Gasteiger partial charge on any atom is -0.310 e. The van der Waals surface area contributed by atoms with E-state index in [1.165, 1.54) is 83.6 Å². The zero-order chi connectivity index (χ0) is 25.2. The molecule has 0 spiro atoms. The van der Waals surface area contributed by atoms with Gasteiger partial charge in [-0.15, -0.1) is 0 Å². The fourth-order valence-electron chi connectivity index (χ4n) is 8.25. The number of aryl methyl sites for hydroxylation is 2. The van der Waals surface area contributed by atoms with Crippen LogP contribution < -0.4 is 0 Å². The molecule has 0 N–H and O–H groups in total. The fourth-order valence-corrected chi connectivity index (χ4v) is 8.25. The molecule has 1 aromatic heterocycles. The van der Waals surface area contributed by atoms with E-state index in [1.807, 2.05) is 0 Å². The summed E-state index contributed by atoms with van der Waals surface area (Å²) in [5, 5.41) is 4.13. The van der Waals surface area contributed by atoms with Crippen molar-refractivity contribution >= 4 is 33.8 Å². The molecule has 1 nitrogen and oxygen atoms in total. The molecule has 2 unspecified atom stereocenters. The monoisotopic (exact) mass is 495 g/mol. The van der Waals surface area contributed by atoms with Crippen LogP contribution in [0.2, 0.25) is 0 Å². The molecule has 1 fully saturated rings. The van der Waals surface area contributed by atoms with Crippen LogP contribution in [0.4, 0.5) is 0 Å². The minimum atomic E-state index is 0.728. The van der Waals surface area contributed by atoms with Gasteiger partial charge in [-0.1, -0.05) is 72.7 Å². The number of benzene rings is 3. The van der Waals surface area contributed by atoms with Crippen LogP contribution >= 0.6 is 0 Å². The van der Waals surface area contributed by atoms with Gasteiger partial charge in [-0.05, 0) is 127 Å². The Kier molecular flexibility index (Phi) is 5.29. The van der Waals surface area contributed by atoms with E-state index in [0.29, 0.717) is 0 Å². The number of allylic oxidation sites excluding steroid dienone is 4. The van der Waals surface area contributed by atoms with E-state index in [-0.39, 0.29) is 0 Å². The molecule has 4 aliphatic carbocycles. The second kappa shape index (κ2) is 8.87. The third-order valence-electron chi connectivity index (χ3n) is 10.3. The molecule has 38 heavy (non-hydrogen) atoms. The van der Waals surface area contributed by atoms with Gasteiger partial charge < -0.3 is 4.57 Å². The topological polar surface area (TPSA) is 4.93 Å². The maximum absolute atomic E-state index is 2.65. The van der Waals surface area contributed by atoms with E-state index < -0.39 is 0 Å². The highest BCUT2D eigenvalue weighted by Gasteiger charge is 2.33. The highest BCUT2D eigenvalue weighted by atomic mass is 15.0. The van der Waals surface area contributed by atoms with Gasteiger partial charge in [0, 0.05) is 16.8 Å². The molecule has 0 saturated heterocycles. The van der Waals surface area contributed by atoms with Gasteiger partial charge in [0.2, 0.25) is 0 Å². The summed E-state index contributed by atoms with van der Waals surface area (Å²) >= 11 is 0. The van der Waals surface area contributed by atoms with Crippen LogP contribution in [0, 0.1) is 17.8 Å². The zero-order valence-electron chi connectivity index (χ0n) is 22.5. The Hall–Kier alpha value is -3.32. The lowest BCUT2D eigenvalue weighted by molar-refractivity contribution is 0.266. The number of hydrogen-bond donors (Lipinski definition) is 0. The van der Waals surface area contributed by atoms with Crippen LogP contribution in [-0.4, -0.2) is 4.57 Å². The maximum atomic E-state index is 2.65. The molecular formula is C37H37N. The highest BCUT2D eigenvalue weighted by Crippen LogP contribution is 2.47. The van der Waals surface area contributed by atoms with Crippen molar-refractivity contribution in [1.82, 2.24) is 4.57 Å². The van der Waals surface area contributed by atoms with Crippen LogP contribution in [0.1, 0.15) is 74.3 Å². The van der Waals surface area contributed by atoms with E-state index in [4.69, 9.17) is 0 Å². The molecule has 3 atom stereocenters. The summed E-state index contributed by atoms with van der Waals surface area (Å²) in [5.74, 6) is 2.41. The van der Waals surface area contributed by atoms with E-state index in [1.54, 1.807) is 22.3 Å². The number of fused-ring (bicyclic) bond motifs is 7. The van der Waals surface area contributed by atoms with E-state index in [9.17, 15) is 0 Å². The summed E-state index contributed by atoms with van der Waals surface area (Å²) < 4.78 is 2.54. The lowest BCUT2D eigenvalue weighted by Gasteiger charge is -2.39. The lowest BCUT2D eigenvalue weighted by Crippen LogP contribution is -2.26. The third-order valence-corrected chi connectivity index (χ3v) is 10.3. The van der Waals surface area contributed by atoms with Crippen LogP contribution in [-0.2, 0) is 12.8 Å². The summed E-state index contributed by atoms with van der Waals surface area (Å²) in [6, 6.07) is 20.5. The molecule has 190 valence electrons. The summed E-state index contributed by atoms with van der Waals surface area (Å²) in [6.07, 6.45) is 21.6. The first-order chi connectivity index (χ1) is 18.7. The number of rotatable bonds is 2. The molecule has 0 aliphatic heterocycles. The molecule has 8 rings (SSSR count). The minimum absolute atomic E-state index is 0.728. The Balaban J connectivity index is 1.28. The average Bonchev–Trinajstić information content (AvgIpc) is 3.31. The average molecular weight is 496 g/mol. The molecule has 4 aromatic rings. The van der Waals surface area contributed by atoms with Crippen molar-refractivity contribution in [2.24, 2.45) is 17.8 Å². The predicted molar refractivity (Wildman–Crippen MR) is 162 cm³/mol. The molecule has 0 amide bonds. The van der Waals surface area contributed by atoms with E-state index in [0.717, 1.165) is 30.6 Å². The van der Waals surface area contributed by atoms with Crippen molar-refractivity contribution in [3.63, 3.8) is 0 Å². The largest absolute Gasteiger partial charge is 0.310 e. The van der Waals surface area contributed by atoms with Gasteiger partial charge >= 0.3 is 0 Å². The van der Waals surface area contributed by atoms with Crippen molar-refractivity contribution in [2.75, 3.05) is 0 Å². The van der Waals surface area contributed by atoms with E-state index >= 15 is 0 Å². The van der Waals surface area contributed by atoms with Crippen molar-refractivity contribution in [3.8, 4) is 5.69 Å². The molecule has 1 heterocycles. The summed E-state index contributed by atoms with van der Waals surface area (Å²) in [7, 11) is 0. The number of nitrogens with zero attached hydrogens (tertiary/aromatic N) is 1. The van der Waals surface area contributed by atoms with Crippen LogP contribution in [0.15, 0.2) is 77.9 Å². The van der Waals surface area contributed by atoms with Gasteiger partial charge in [-0.3, -0.25) is 0 Å². The van der Waals surface area contributed by atoms with Crippen LogP contribution in [0.5, 0.6) is 0 Å². The molecule has 0 radical (unpaired) electrons. The van der Waals surface area contributed by atoms with Crippen molar-refractivity contribution in [3.05, 3.63) is 100 Å². The van der Waals surface area contributed by atoms with Crippen molar-refractivity contribution in [1.29, 1.82) is 0 Å². The lowest BCUT2D eigenvalue weighted by atomic mass is 9.66. The molecule has 1 heteroatoms. The van der Waals surface area contributed by atoms with Gasteiger partial charge in [0.1, 0.15) is 0 Å². The molecule has 0 bridgehead atoms. The van der Waals surface area contributed by atoms with Crippen LogP contribution in [0.25, 0.3) is 39.5 Å². The fraction of sp³-hybridized carbons (Fsp3) is 0.351. The Bertz CT molecular complexity index is 1670. The Morgan fingerprint density at radius 3 is 2.74 bits per heavy atom. The Morgan fingerprint density at radius 1 is 0.868 bits per heavy atom. The first-order valence-corrected chi connectivity index (χ1v) is 15.0. The first-order valence-electron chi connectivity index (χ1n) is 15.0. The van der Waals surface area contributed by atoms with Gasteiger partial charge in [0.15, 0.2) is 0 Å². The smallest absolute Gasteiger partial charge is 0.0543 e. The molecule has 1 saturated carbocycles. The summed E-state index contributed by atoms with van der Waals surface area (Å²) in [4.78, 5) is 0. The second-order valence-corrected chi connectivity index (χ2v) is 12.3. The summed E-state index contributed by atoms with van der Waals surface area (Å²) in [6.45, 7) is 2.50. The second-order valence-electron chi connectivity index (χ2n) is 12.3. The zero-order valence-corrected chi connectivity index (χ0v) is 22.5. The quantitative estimate of drug-likeness (QED) is 0.244.